The largest absolute Gasteiger partial charge is 0.314 e. The summed E-state index contributed by atoms with van der Waals surface area (Å²) in [6.07, 6.45) is 5.74. The second kappa shape index (κ2) is 5.30. The first kappa shape index (κ1) is 12.6. The Labute approximate surface area is 113 Å². The van der Waals surface area contributed by atoms with Crippen molar-refractivity contribution in [3.05, 3.63) is 12.4 Å². The molecule has 0 aliphatic carbocycles. The van der Waals surface area contributed by atoms with Gasteiger partial charge in [0.25, 0.3) is 0 Å². The lowest BCUT2D eigenvalue weighted by molar-refractivity contribution is -0.125. The third kappa shape index (κ3) is 2.50. The summed E-state index contributed by atoms with van der Waals surface area (Å²) < 4.78 is 1.75. The van der Waals surface area contributed by atoms with Gasteiger partial charge < -0.3 is 10.2 Å². The molecular weight excluding hydrogens is 242 g/mol. The summed E-state index contributed by atoms with van der Waals surface area (Å²) in [6, 6.07) is 0.0519. The predicted molar refractivity (Wildman–Crippen MR) is 73.0 cm³/mol. The van der Waals surface area contributed by atoms with Crippen LogP contribution in [0.15, 0.2) is 12.4 Å². The number of nitrogens with one attached hydrogen (secondary N) is 1. The number of rotatable bonds is 2. The normalized spacial score (nSPS) is 25.8. The molecule has 1 amide bonds. The lowest BCUT2D eigenvalue weighted by atomic mass is 10.0. The van der Waals surface area contributed by atoms with E-state index < -0.39 is 0 Å². The molecule has 1 aromatic heterocycles. The molecule has 3 rings (SSSR count). The second-order valence-electron chi connectivity index (χ2n) is 5.31. The molecule has 6 heteroatoms. The highest BCUT2D eigenvalue weighted by Crippen LogP contribution is 2.23. The van der Waals surface area contributed by atoms with Gasteiger partial charge in [0.15, 0.2) is 0 Å². The van der Waals surface area contributed by atoms with E-state index in [1.807, 2.05) is 18.1 Å². The molecule has 0 unspecified atom stereocenters. The topological polar surface area (TPSA) is 53.4 Å². The predicted octanol–water partition coefficient (Wildman–Crippen LogP) is -0.179. The Bertz CT molecular complexity index is 452. The maximum atomic E-state index is 12.7. The number of carbonyl (C=O) groups is 1. The fraction of sp³-hybridized carbons (Fsp3) is 0.692. The zero-order chi connectivity index (χ0) is 13.2. The number of anilines is 1. The monoisotopic (exact) mass is 263 g/mol. The van der Waals surface area contributed by atoms with Crippen LogP contribution in [-0.2, 0) is 11.8 Å². The number of piperidine rings is 1. The van der Waals surface area contributed by atoms with E-state index in [1.54, 1.807) is 10.9 Å². The van der Waals surface area contributed by atoms with Gasteiger partial charge in [0.1, 0.15) is 0 Å². The van der Waals surface area contributed by atoms with Crippen LogP contribution in [0.4, 0.5) is 5.69 Å². The van der Waals surface area contributed by atoms with Crippen molar-refractivity contribution in [2.75, 3.05) is 37.6 Å². The van der Waals surface area contributed by atoms with Gasteiger partial charge in [0.05, 0.1) is 17.9 Å². The standard InChI is InChI=1S/C13H21N5O/c1-16-10-11(9-15-16)18-6-2-3-12(13(18)19)17-7-4-14-5-8-17/h9-10,12,14H,2-8H2,1H3/t12-/m0/s1. The van der Waals surface area contributed by atoms with Crippen LogP contribution in [0.3, 0.4) is 0 Å². The number of aromatic nitrogens is 2. The number of amides is 1. The fourth-order valence-electron chi connectivity index (χ4n) is 2.99. The number of hydrogen-bond donors (Lipinski definition) is 1. The Balaban J connectivity index is 1.75. The van der Waals surface area contributed by atoms with Gasteiger partial charge in [0.2, 0.25) is 5.91 Å². The SMILES string of the molecule is Cn1cc(N2CCC[C@H](N3CCNCC3)C2=O)cn1. The average molecular weight is 263 g/mol. The van der Waals surface area contributed by atoms with Crippen LogP contribution in [0.25, 0.3) is 0 Å². The number of nitrogens with zero attached hydrogens (tertiary/aromatic N) is 4. The van der Waals surface area contributed by atoms with Crippen LogP contribution in [-0.4, -0.2) is 59.4 Å². The smallest absolute Gasteiger partial charge is 0.244 e. The summed E-state index contributed by atoms with van der Waals surface area (Å²) in [6.45, 7) is 4.72. The third-order valence-electron chi connectivity index (χ3n) is 4.01. The summed E-state index contributed by atoms with van der Waals surface area (Å²) in [7, 11) is 1.88. The molecule has 3 heterocycles. The molecule has 1 aromatic rings. The van der Waals surface area contributed by atoms with E-state index in [4.69, 9.17) is 0 Å². The molecule has 1 N–H and O–H groups in total. The Morgan fingerprint density at radius 3 is 2.79 bits per heavy atom. The molecule has 0 spiro atoms. The Kier molecular flexibility index (Phi) is 3.52. The van der Waals surface area contributed by atoms with Crippen LogP contribution >= 0.6 is 0 Å². The van der Waals surface area contributed by atoms with Crippen molar-refractivity contribution < 1.29 is 4.79 Å². The van der Waals surface area contributed by atoms with Gasteiger partial charge in [-0.25, -0.2) is 0 Å². The first-order valence-corrected chi connectivity index (χ1v) is 7.00. The summed E-state index contributed by atoms with van der Waals surface area (Å²) in [5, 5.41) is 7.50. The van der Waals surface area contributed by atoms with Crippen molar-refractivity contribution in [3.8, 4) is 0 Å². The quantitative estimate of drug-likeness (QED) is 0.804. The summed E-state index contributed by atoms with van der Waals surface area (Å²) in [4.78, 5) is 16.9. The van der Waals surface area contributed by atoms with E-state index in [-0.39, 0.29) is 11.9 Å². The molecular formula is C13H21N5O. The highest BCUT2D eigenvalue weighted by molar-refractivity contribution is 5.97. The van der Waals surface area contributed by atoms with Gasteiger partial charge in [-0.05, 0) is 12.8 Å². The number of piperazine rings is 1. The van der Waals surface area contributed by atoms with Gasteiger partial charge in [0, 0.05) is 46.0 Å². The first-order valence-electron chi connectivity index (χ1n) is 7.00. The number of hydrogen-bond acceptors (Lipinski definition) is 4. The molecule has 2 saturated heterocycles. The van der Waals surface area contributed by atoms with E-state index in [0.29, 0.717) is 0 Å². The lowest BCUT2D eigenvalue weighted by Gasteiger charge is -2.39. The van der Waals surface area contributed by atoms with Gasteiger partial charge in [-0.2, -0.15) is 5.10 Å². The van der Waals surface area contributed by atoms with Crippen molar-refractivity contribution in [1.29, 1.82) is 0 Å². The molecule has 0 aromatic carbocycles. The molecule has 19 heavy (non-hydrogen) atoms. The van der Waals surface area contributed by atoms with E-state index in [0.717, 1.165) is 51.3 Å². The van der Waals surface area contributed by atoms with Crippen LogP contribution in [0, 0.1) is 0 Å². The second-order valence-corrected chi connectivity index (χ2v) is 5.31. The maximum Gasteiger partial charge on any atom is 0.244 e. The highest BCUT2D eigenvalue weighted by atomic mass is 16.2. The third-order valence-corrected chi connectivity index (χ3v) is 4.01. The van der Waals surface area contributed by atoms with Crippen molar-refractivity contribution in [2.45, 2.75) is 18.9 Å². The van der Waals surface area contributed by atoms with Gasteiger partial charge in [-0.1, -0.05) is 0 Å². The van der Waals surface area contributed by atoms with Crippen molar-refractivity contribution in [3.63, 3.8) is 0 Å². The summed E-state index contributed by atoms with van der Waals surface area (Å²) in [5.74, 6) is 0.237. The zero-order valence-electron chi connectivity index (χ0n) is 11.4. The lowest BCUT2D eigenvalue weighted by Crippen LogP contribution is -2.57. The molecule has 2 aliphatic rings. The van der Waals surface area contributed by atoms with Crippen LogP contribution in [0.5, 0.6) is 0 Å². The van der Waals surface area contributed by atoms with Crippen LogP contribution < -0.4 is 10.2 Å². The molecule has 2 aliphatic heterocycles. The average Bonchev–Trinajstić information content (AvgIpc) is 2.86. The van der Waals surface area contributed by atoms with Crippen LogP contribution in [0.2, 0.25) is 0 Å². The van der Waals surface area contributed by atoms with E-state index in [1.165, 1.54) is 0 Å². The minimum absolute atomic E-state index is 0.0519. The minimum Gasteiger partial charge on any atom is -0.314 e. The van der Waals surface area contributed by atoms with Crippen molar-refractivity contribution >= 4 is 11.6 Å². The van der Waals surface area contributed by atoms with E-state index >= 15 is 0 Å². The first-order chi connectivity index (χ1) is 9.25. The van der Waals surface area contributed by atoms with Crippen LogP contribution in [0.1, 0.15) is 12.8 Å². The van der Waals surface area contributed by atoms with Crippen molar-refractivity contribution in [2.24, 2.45) is 7.05 Å². The Morgan fingerprint density at radius 1 is 1.32 bits per heavy atom. The van der Waals surface area contributed by atoms with Crippen molar-refractivity contribution in [1.82, 2.24) is 20.0 Å². The Hall–Kier alpha value is -1.40. The summed E-state index contributed by atoms with van der Waals surface area (Å²) >= 11 is 0. The van der Waals surface area contributed by atoms with Gasteiger partial charge >= 0.3 is 0 Å². The summed E-state index contributed by atoms with van der Waals surface area (Å²) in [5.41, 5.74) is 0.923. The molecule has 6 nitrogen and oxygen atoms in total. The molecule has 1 atom stereocenters. The fourth-order valence-corrected chi connectivity index (χ4v) is 2.99. The highest BCUT2D eigenvalue weighted by Gasteiger charge is 2.34. The zero-order valence-corrected chi connectivity index (χ0v) is 11.4. The minimum atomic E-state index is 0.0519. The maximum absolute atomic E-state index is 12.7. The van der Waals surface area contributed by atoms with Gasteiger partial charge in [-0.3, -0.25) is 14.4 Å². The molecule has 2 fully saturated rings. The van der Waals surface area contributed by atoms with E-state index in [9.17, 15) is 4.79 Å². The molecule has 0 radical (unpaired) electrons. The van der Waals surface area contributed by atoms with Gasteiger partial charge in [-0.15, -0.1) is 0 Å². The Morgan fingerprint density at radius 2 is 2.11 bits per heavy atom. The van der Waals surface area contributed by atoms with E-state index in [2.05, 4.69) is 15.3 Å². The number of aryl methyl sites for hydroxylation is 1. The molecule has 0 saturated carbocycles. The molecule has 0 bridgehead atoms. The number of carbonyl (C=O) groups excluding carboxylic acids is 1. The molecule has 104 valence electrons.